The Kier molecular flexibility index (Phi) is 22.9. The zero-order chi connectivity index (χ0) is 30.9. The molecule has 0 N–H and O–H groups in total. The quantitative estimate of drug-likeness (QED) is 0.0649. The summed E-state index contributed by atoms with van der Waals surface area (Å²) in [6.45, 7) is 13.1. The van der Waals surface area contributed by atoms with E-state index in [-0.39, 0.29) is 5.54 Å². The van der Waals surface area contributed by atoms with Crippen LogP contribution in [0.3, 0.4) is 0 Å². The average molecular weight is 585 g/mol. The average Bonchev–Trinajstić information content (AvgIpc) is 2.99. The van der Waals surface area contributed by atoms with Gasteiger partial charge in [0.25, 0.3) is 0 Å². The smallest absolute Gasteiger partial charge is 0.125 e. The Morgan fingerprint density at radius 1 is 0.476 bits per heavy atom. The molecule has 0 saturated heterocycles. The Labute approximate surface area is 266 Å². The summed E-state index contributed by atoms with van der Waals surface area (Å²) in [5.41, 5.74) is 5.39. The lowest BCUT2D eigenvalue weighted by Gasteiger charge is -2.51. The fraction of sp³-hybridized carbons (Fsp3) is 0.854. The van der Waals surface area contributed by atoms with Crippen molar-refractivity contribution in [1.29, 1.82) is 0 Å². The van der Waals surface area contributed by atoms with Crippen LogP contribution >= 0.6 is 0 Å². The van der Waals surface area contributed by atoms with E-state index in [0.29, 0.717) is 0 Å². The van der Waals surface area contributed by atoms with Crippen molar-refractivity contribution < 1.29 is 4.48 Å². The lowest BCUT2D eigenvalue weighted by atomic mass is 9.73. The number of hydrogen-bond donors (Lipinski definition) is 0. The second-order valence-electron chi connectivity index (χ2n) is 14.4. The molecule has 0 fully saturated rings. The Bertz CT molecular complexity index is 739. The van der Waals surface area contributed by atoms with Crippen LogP contribution in [0.1, 0.15) is 205 Å². The molecule has 0 aromatic heterocycles. The molecule has 0 aliphatic heterocycles. The van der Waals surface area contributed by atoms with Gasteiger partial charge in [0, 0.05) is 18.4 Å². The molecule has 0 aliphatic carbocycles. The minimum Gasteiger partial charge on any atom is -0.320 e. The van der Waals surface area contributed by atoms with Crippen molar-refractivity contribution in [3.63, 3.8) is 0 Å². The molecule has 0 saturated carbocycles. The third kappa shape index (κ3) is 14.3. The highest BCUT2D eigenvalue weighted by molar-refractivity contribution is 5.40. The highest BCUT2D eigenvalue weighted by atomic mass is 15.4. The summed E-state index contributed by atoms with van der Waals surface area (Å²) in [6, 6.07) is 7.48. The van der Waals surface area contributed by atoms with Crippen LogP contribution in [0.5, 0.6) is 0 Å². The van der Waals surface area contributed by atoms with Gasteiger partial charge in [-0.15, -0.1) is 0 Å². The van der Waals surface area contributed by atoms with Crippen molar-refractivity contribution >= 4 is 0 Å². The van der Waals surface area contributed by atoms with Crippen molar-refractivity contribution in [1.82, 2.24) is 0 Å². The monoisotopic (exact) mass is 585 g/mol. The van der Waals surface area contributed by atoms with Crippen molar-refractivity contribution in [2.45, 2.75) is 207 Å². The number of benzene rings is 1. The van der Waals surface area contributed by atoms with Gasteiger partial charge in [-0.3, -0.25) is 0 Å². The summed E-state index contributed by atoms with van der Waals surface area (Å²) in [6.07, 6.45) is 35.9. The number of hydrogen-bond acceptors (Lipinski definition) is 0. The van der Waals surface area contributed by atoms with Crippen molar-refractivity contribution in [3.05, 3.63) is 34.9 Å². The van der Waals surface area contributed by atoms with Gasteiger partial charge in [0.2, 0.25) is 0 Å². The molecule has 0 aliphatic rings. The van der Waals surface area contributed by atoms with Gasteiger partial charge < -0.3 is 4.48 Å². The van der Waals surface area contributed by atoms with Gasteiger partial charge in [-0.25, -0.2) is 0 Å². The molecule has 0 atom stereocenters. The molecule has 1 aromatic carbocycles. The zero-order valence-corrected chi connectivity index (χ0v) is 30.3. The summed E-state index contributed by atoms with van der Waals surface area (Å²) < 4.78 is 1.17. The number of unbranched alkanes of at least 4 members (excludes halogenated alkanes) is 17. The fourth-order valence-electron chi connectivity index (χ4n) is 7.50. The number of quaternary nitrogens is 1. The van der Waals surface area contributed by atoms with Crippen LogP contribution in [0.2, 0.25) is 0 Å². The first kappa shape index (κ1) is 39.2. The lowest BCUT2D eigenvalue weighted by Crippen LogP contribution is -2.58. The SMILES string of the molecule is CCCCCCCCCCCCCCCC[N+](C)(C)C(CCCC)(CCCC)c1cccc(CCCC)c1CCCC. The fourth-order valence-corrected chi connectivity index (χ4v) is 7.50. The number of rotatable bonds is 29. The lowest BCUT2D eigenvalue weighted by molar-refractivity contribution is -0.951. The van der Waals surface area contributed by atoms with E-state index in [9.17, 15) is 0 Å². The normalized spacial score (nSPS) is 12.4. The van der Waals surface area contributed by atoms with Crippen molar-refractivity contribution in [2.24, 2.45) is 0 Å². The maximum Gasteiger partial charge on any atom is 0.125 e. The first-order chi connectivity index (χ1) is 20.4. The predicted octanol–water partition coefficient (Wildman–Crippen LogP) is 13.5. The molecule has 0 radical (unpaired) electrons. The molecule has 1 aromatic rings. The zero-order valence-electron chi connectivity index (χ0n) is 30.3. The highest BCUT2D eigenvalue weighted by Crippen LogP contribution is 2.45. The van der Waals surface area contributed by atoms with Crippen molar-refractivity contribution in [3.8, 4) is 0 Å². The van der Waals surface area contributed by atoms with Gasteiger partial charge in [0.1, 0.15) is 5.54 Å². The van der Waals surface area contributed by atoms with Crippen molar-refractivity contribution in [2.75, 3.05) is 20.6 Å². The topological polar surface area (TPSA) is 0 Å². The molecule has 42 heavy (non-hydrogen) atoms. The Hall–Kier alpha value is -0.820. The van der Waals surface area contributed by atoms with Gasteiger partial charge in [-0.05, 0) is 62.5 Å². The van der Waals surface area contributed by atoms with Crippen LogP contribution in [0, 0.1) is 0 Å². The number of nitrogens with zero attached hydrogens (tertiary/aromatic N) is 1. The molecule has 0 heterocycles. The summed E-state index contributed by atoms with van der Waals surface area (Å²) in [7, 11) is 5.21. The molecular formula is C41H78N+. The minimum absolute atomic E-state index is 0.244. The van der Waals surface area contributed by atoms with Gasteiger partial charge in [-0.1, -0.05) is 156 Å². The molecule has 246 valence electrons. The van der Waals surface area contributed by atoms with Crippen LogP contribution in [-0.4, -0.2) is 25.1 Å². The van der Waals surface area contributed by atoms with E-state index in [1.54, 1.807) is 16.7 Å². The van der Waals surface area contributed by atoms with E-state index in [1.165, 1.54) is 178 Å². The molecule has 1 heteroatoms. The Balaban J connectivity index is 2.87. The van der Waals surface area contributed by atoms with Crippen LogP contribution in [0.15, 0.2) is 18.2 Å². The molecular weight excluding hydrogens is 506 g/mol. The highest BCUT2D eigenvalue weighted by Gasteiger charge is 2.47. The van der Waals surface area contributed by atoms with E-state index in [4.69, 9.17) is 0 Å². The summed E-state index contributed by atoms with van der Waals surface area (Å²) >= 11 is 0. The molecule has 1 rings (SSSR count). The van der Waals surface area contributed by atoms with Crippen LogP contribution in [0.4, 0.5) is 0 Å². The van der Waals surface area contributed by atoms with Gasteiger partial charge in [-0.2, -0.15) is 0 Å². The number of aryl methyl sites for hydroxylation is 1. The second kappa shape index (κ2) is 24.5. The Morgan fingerprint density at radius 2 is 0.905 bits per heavy atom. The summed E-state index contributed by atoms with van der Waals surface area (Å²) in [5.74, 6) is 0. The molecule has 0 bridgehead atoms. The summed E-state index contributed by atoms with van der Waals surface area (Å²) in [4.78, 5) is 0. The standard InChI is InChI=1S/C41H78N/c1-8-13-18-19-20-21-22-23-24-25-26-27-28-29-37-42(6,7)41(35-16-11-4,36-17-12-5)40-34-30-32-38(31-14-9-2)39(40)33-15-10-3/h30,32,34H,8-29,31,33,35-37H2,1-7H3/q+1. The maximum absolute atomic E-state index is 2.61. The first-order valence-electron chi connectivity index (χ1n) is 19.4. The van der Waals surface area contributed by atoms with E-state index in [1.807, 2.05) is 0 Å². The van der Waals surface area contributed by atoms with E-state index in [2.05, 4.69) is 66.9 Å². The van der Waals surface area contributed by atoms with Crippen LogP contribution in [-0.2, 0) is 18.4 Å². The third-order valence-corrected chi connectivity index (χ3v) is 10.5. The third-order valence-electron chi connectivity index (χ3n) is 10.5. The van der Waals surface area contributed by atoms with E-state index < -0.39 is 0 Å². The second-order valence-corrected chi connectivity index (χ2v) is 14.4. The minimum atomic E-state index is 0.244. The van der Waals surface area contributed by atoms with E-state index in [0.717, 1.165) is 0 Å². The maximum atomic E-state index is 2.61. The Morgan fingerprint density at radius 3 is 1.38 bits per heavy atom. The first-order valence-corrected chi connectivity index (χ1v) is 19.4. The van der Waals surface area contributed by atoms with Crippen LogP contribution < -0.4 is 0 Å². The largest absolute Gasteiger partial charge is 0.320 e. The molecule has 0 spiro atoms. The van der Waals surface area contributed by atoms with Crippen LogP contribution in [0.25, 0.3) is 0 Å². The van der Waals surface area contributed by atoms with Gasteiger partial charge in [0.15, 0.2) is 0 Å². The van der Waals surface area contributed by atoms with Gasteiger partial charge >= 0.3 is 0 Å². The van der Waals surface area contributed by atoms with Gasteiger partial charge in [0.05, 0.1) is 20.6 Å². The summed E-state index contributed by atoms with van der Waals surface area (Å²) in [5, 5.41) is 0. The molecule has 1 nitrogen and oxygen atoms in total. The molecule has 0 unspecified atom stereocenters. The van der Waals surface area contributed by atoms with E-state index >= 15 is 0 Å². The molecule has 0 amide bonds. The predicted molar refractivity (Wildman–Crippen MR) is 192 cm³/mol.